The van der Waals surface area contributed by atoms with Crippen LogP contribution in [0.25, 0.3) is 0 Å². The summed E-state index contributed by atoms with van der Waals surface area (Å²) in [6.07, 6.45) is 0. The van der Waals surface area contributed by atoms with Crippen LogP contribution in [0.4, 0.5) is 0 Å². The van der Waals surface area contributed by atoms with Crippen molar-refractivity contribution in [1.82, 2.24) is 4.90 Å². The van der Waals surface area contributed by atoms with Crippen LogP contribution in [0.5, 0.6) is 0 Å². The van der Waals surface area contributed by atoms with Crippen molar-refractivity contribution in [3.05, 3.63) is 0 Å². The number of nitrogens with zero attached hydrogens (tertiary/aromatic N) is 1. The third-order valence-corrected chi connectivity index (χ3v) is 2.63. The minimum atomic E-state index is 0.410. The van der Waals surface area contributed by atoms with E-state index < -0.39 is 0 Å². The van der Waals surface area contributed by atoms with Crippen molar-refractivity contribution in [3.63, 3.8) is 0 Å². The van der Waals surface area contributed by atoms with Crippen LogP contribution >= 0.6 is 0 Å². The summed E-state index contributed by atoms with van der Waals surface area (Å²) in [5, 5.41) is 0. The summed E-state index contributed by atoms with van der Waals surface area (Å²) in [6.45, 7) is 4.93. The van der Waals surface area contributed by atoms with Gasteiger partial charge in [-0.3, -0.25) is 4.90 Å². The predicted molar refractivity (Wildman–Crippen MR) is 45.0 cm³/mol. The zero-order chi connectivity index (χ0) is 8.39. The molecule has 2 aliphatic rings. The zero-order valence-corrected chi connectivity index (χ0v) is 7.24. The molecule has 4 nitrogen and oxygen atoms in total. The van der Waals surface area contributed by atoms with Gasteiger partial charge in [-0.05, 0) is 0 Å². The van der Waals surface area contributed by atoms with Gasteiger partial charge in [0.05, 0.1) is 32.5 Å². The van der Waals surface area contributed by atoms with Crippen LogP contribution in [0.3, 0.4) is 0 Å². The van der Waals surface area contributed by atoms with Gasteiger partial charge in [0.25, 0.3) is 0 Å². The summed E-state index contributed by atoms with van der Waals surface area (Å²) in [4.78, 5) is 2.42. The number of hydrogen-bond acceptors (Lipinski definition) is 4. The van der Waals surface area contributed by atoms with E-state index in [0.717, 1.165) is 33.0 Å². The minimum Gasteiger partial charge on any atom is -0.378 e. The summed E-state index contributed by atoms with van der Waals surface area (Å²) in [5.74, 6) is 0. The van der Waals surface area contributed by atoms with Gasteiger partial charge < -0.3 is 15.2 Å². The maximum absolute atomic E-state index is 5.65. The van der Waals surface area contributed by atoms with Crippen LogP contribution in [-0.4, -0.2) is 56.5 Å². The Kier molecular flexibility index (Phi) is 2.60. The molecule has 0 aromatic heterocycles. The lowest BCUT2D eigenvalue weighted by molar-refractivity contribution is -0.110. The van der Waals surface area contributed by atoms with Crippen molar-refractivity contribution in [2.75, 3.05) is 39.5 Å². The molecule has 2 unspecified atom stereocenters. The number of hydrogen-bond donors (Lipinski definition) is 1. The molecule has 0 spiro atoms. The number of fused-ring (bicyclic) bond motifs is 1. The van der Waals surface area contributed by atoms with Gasteiger partial charge in [-0.25, -0.2) is 0 Å². The van der Waals surface area contributed by atoms with Gasteiger partial charge in [-0.1, -0.05) is 0 Å². The lowest BCUT2D eigenvalue weighted by atomic mass is 10.1. The van der Waals surface area contributed by atoms with E-state index in [1.807, 2.05) is 0 Å². The van der Waals surface area contributed by atoms with Gasteiger partial charge in [0.15, 0.2) is 0 Å². The molecule has 0 aromatic carbocycles. The Hall–Kier alpha value is -0.160. The maximum atomic E-state index is 5.65. The first-order valence-corrected chi connectivity index (χ1v) is 4.53. The second kappa shape index (κ2) is 3.70. The standard InChI is InChI=1S/C8H16N2O2/c9-3-7-4-12-6-8-5-11-2-1-10(7)8/h7-8H,1-6,9H2. The van der Waals surface area contributed by atoms with E-state index in [0.29, 0.717) is 18.6 Å². The quantitative estimate of drug-likeness (QED) is 0.553. The van der Waals surface area contributed by atoms with Crippen LogP contribution < -0.4 is 5.73 Å². The lowest BCUT2D eigenvalue weighted by Gasteiger charge is -2.43. The molecule has 0 bridgehead atoms. The monoisotopic (exact) mass is 172 g/mol. The van der Waals surface area contributed by atoms with Crippen molar-refractivity contribution in [1.29, 1.82) is 0 Å². The molecule has 0 aromatic rings. The Labute approximate surface area is 72.6 Å². The number of rotatable bonds is 1. The van der Waals surface area contributed by atoms with Gasteiger partial charge in [-0.2, -0.15) is 0 Å². The van der Waals surface area contributed by atoms with Crippen molar-refractivity contribution in [2.24, 2.45) is 5.73 Å². The fraction of sp³-hybridized carbons (Fsp3) is 1.00. The SMILES string of the molecule is NCC1COCC2COCCN12. The predicted octanol–water partition coefficient (Wildman–Crippen LogP) is -0.955. The molecule has 2 heterocycles. The number of nitrogens with two attached hydrogens (primary N) is 1. The van der Waals surface area contributed by atoms with Gasteiger partial charge in [0, 0.05) is 19.1 Å². The van der Waals surface area contributed by atoms with Crippen LogP contribution in [0.15, 0.2) is 0 Å². The van der Waals surface area contributed by atoms with Crippen LogP contribution in [0.2, 0.25) is 0 Å². The maximum Gasteiger partial charge on any atom is 0.0645 e. The zero-order valence-electron chi connectivity index (χ0n) is 7.24. The van der Waals surface area contributed by atoms with E-state index in [1.54, 1.807) is 0 Å². The largest absolute Gasteiger partial charge is 0.378 e. The van der Waals surface area contributed by atoms with Crippen LogP contribution in [0, 0.1) is 0 Å². The molecular formula is C8H16N2O2. The van der Waals surface area contributed by atoms with E-state index in [9.17, 15) is 0 Å². The molecule has 0 aliphatic carbocycles. The third kappa shape index (κ3) is 1.47. The molecule has 2 aliphatic heterocycles. The average Bonchev–Trinajstić information content (AvgIpc) is 2.17. The first-order chi connectivity index (χ1) is 5.92. The van der Waals surface area contributed by atoms with Crippen molar-refractivity contribution in [3.8, 4) is 0 Å². The first-order valence-electron chi connectivity index (χ1n) is 4.53. The van der Waals surface area contributed by atoms with Gasteiger partial charge >= 0.3 is 0 Å². The Morgan fingerprint density at radius 1 is 1.25 bits per heavy atom. The van der Waals surface area contributed by atoms with Crippen LogP contribution in [-0.2, 0) is 9.47 Å². The van der Waals surface area contributed by atoms with Crippen molar-refractivity contribution >= 4 is 0 Å². The highest BCUT2D eigenvalue weighted by Gasteiger charge is 2.32. The molecule has 4 heteroatoms. The van der Waals surface area contributed by atoms with Crippen molar-refractivity contribution in [2.45, 2.75) is 12.1 Å². The molecule has 0 saturated carbocycles. The summed E-state index contributed by atoms with van der Waals surface area (Å²) < 4.78 is 10.8. The Morgan fingerprint density at radius 3 is 2.92 bits per heavy atom. The summed E-state index contributed by atoms with van der Waals surface area (Å²) in [7, 11) is 0. The molecule has 0 amide bonds. The topological polar surface area (TPSA) is 47.7 Å². The fourth-order valence-electron chi connectivity index (χ4n) is 1.93. The van der Waals surface area contributed by atoms with Crippen LogP contribution in [0.1, 0.15) is 0 Å². The van der Waals surface area contributed by atoms with Gasteiger partial charge in [0.1, 0.15) is 0 Å². The second-order valence-corrected chi connectivity index (χ2v) is 3.39. The Bertz CT molecular complexity index is 145. The number of morpholine rings is 2. The normalized spacial score (nSPS) is 37.8. The lowest BCUT2D eigenvalue weighted by Crippen LogP contribution is -2.59. The van der Waals surface area contributed by atoms with E-state index in [-0.39, 0.29) is 0 Å². The third-order valence-electron chi connectivity index (χ3n) is 2.63. The Balaban J connectivity index is 1.99. The van der Waals surface area contributed by atoms with Crippen molar-refractivity contribution < 1.29 is 9.47 Å². The highest BCUT2D eigenvalue weighted by molar-refractivity contribution is 4.85. The van der Waals surface area contributed by atoms with E-state index in [4.69, 9.17) is 15.2 Å². The van der Waals surface area contributed by atoms with E-state index in [2.05, 4.69) is 4.90 Å². The molecule has 2 atom stereocenters. The molecule has 0 radical (unpaired) electrons. The van der Waals surface area contributed by atoms with Gasteiger partial charge in [0.2, 0.25) is 0 Å². The van der Waals surface area contributed by atoms with E-state index >= 15 is 0 Å². The summed E-state index contributed by atoms with van der Waals surface area (Å²) >= 11 is 0. The molecule has 2 fully saturated rings. The Morgan fingerprint density at radius 2 is 2.08 bits per heavy atom. The number of ether oxygens (including phenoxy) is 2. The minimum absolute atomic E-state index is 0.410. The molecule has 12 heavy (non-hydrogen) atoms. The first kappa shape index (κ1) is 8.44. The molecule has 70 valence electrons. The highest BCUT2D eigenvalue weighted by atomic mass is 16.5. The molecular weight excluding hydrogens is 156 g/mol. The van der Waals surface area contributed by atoms with E-state index in [1.165, 1.54) is 0 Å². The molecule has 2 N–H and O–H groups in total. The second-order valence-electron chi connectivity index (χ2n) is 3.39. The highest BCUT2D eigenvalue weighted by Crippen LogP contribution is 2.15. The summed E-state index contributed by atoms with van der Waals surface area (Å²) in [5.41, 5.74) is 5.65. The molecule has 2 saturated heterocycles. The smallest absolute Gasteiger partial charge is 0.0645 e. The fourth-order valence-corrected chi connectivity index (χ4v) is 1.93. The summed E-state index contributed by atoms with van der Waals surface area (Å²) in [6, 6.07) is 0.855. The van der Waals surface area contributed by atoms with Gasteiger partial charge in [-0.15, -0.1) is 0 Å². The average molecular weight is 172 g/mol. The molecule has 2 rings (SSSR count).